The van der Waals surface area contributed by atoms with Crippen molar-refractivity contribution in [3.8, 4) is 17.3 Å². The van der Waals surface area contributed by atoms with Crippen molar-refractivity contribution >= 4 is 0 Å². The molecule has 0 saturated heterocycles. The van der Waals surface area contributed by atoms with E-state index in [1.807, 2.05) is 35.3 Å². The van der Waals surface area contributed by atoms with Crippen LogP contribution in [0.2, 0.25) is 0 Å². The Hall–Kier alpha value is -2.41. The van der Waals surface area contributed by atoms with Gasteiger partial charge in [-0.1, -0.05) is 6.08 Å². The van der Waals surface area contributed by atoms with Crippen LogP contribution in [-0.4, -0.2) is 14.8 Å². The second-order valence-electron chi connectivity index (χ2n) is 5.30. The fourth-order valence-electron chi connectivity index (χ4n) is 2.55. The molecule has 0 spiro atoms. The van der Waals surface area contributed by atoms with Gasteiger partial charge in [0, 0.05) is 24.0 Å². The Morgan fingerprint density at radius 2 is 2.30 bits per heavy atom. The van der Waals surface area contributed by atoms with E-state index in [0.717, 1.165) is 24.1 Å². The molecular formula is C16H16N4. The van der Waals surface area contributed by atoms with Crippen LogP contribution in [0.1, 0.15) is 24.4 Å². The third kappa shape index (κ3) is 2.48. The van der Waals surface area contributed by atoms with E-state index in [0.29, 0.717) is 12.0 Å². The molecule has 0 unspecified atom stereocenters. The van der Waals surface area contributed by atoms with E-state index in [-0.39, 0.29) is 0 Å². The van der Waals surface area contributed by atoms with Gasteiger partial charge in [-0.15, -0.1) is 0 Å². The number of aryl methyl sites for hydroxylation is 1. The Morgan fingerprint density at radius 1 is 1.45 bits per heavy atom. The molecule has 0 amide bonds. The highest BCUT2D eigenvalue weighted by Crippen LogP contribution is 2.38. The molecule has 20 heavy (non-hydrogen) atoms. The Morgan fingerprint density at radius 3 is 3.05 bits per heavy atom. The van der Waals surface area contributed by atoms with Crippen LogP contribution in [-0.2, 0) is 0 Å². The molecule has 1 fully saturated rings. The fraction of sp³-hybridized carbons (Fsp3) is 0.312. The first kappa shape index (κ1) is 12.6. The van der Waals surface area contributed by atoms with Crippen LogP contribution in [0.5, 0.6) is 0 Å². The van der Waals surface area contributed by atoms with Gasteiger partial charge in [-0.25, -0.2) is 0 Å². The number of aromatic nitrogens is 3. The first-order chi connectivity index (χ1) is 9.76. The summed E-state index contributed by atoms with van der Waals surface area (Å²) in [5, 5.41) is 13.0. The summed E-state index contributed by atoms with van der Waals surface area (Å²) in [7, 11) is 0. The maximum Gasteiger partial charge on any atom is 0.0908 e. The average molecular weight is 264 g/mol. The monoisotopic (exact) mass is 264 g/mol. The van der Waals surface area contributed by atoms with Crippen LogP contribution < -0.4 is 0 Å². The molecule has 0 atom stereocenters. The summed E-state index contributed by atoms with van der Waals surface area (Å²) in [5.41, 5.74) is 3.23. The minimum Gasteiger partial charge on any atom is -0.269 e. The van der Waals surface area contributed by atoms with Crippen molar-refractivity contribution in [1.29, 1.82) is 5.26 Å². The molecule has 4 nitrogen and oxygen atoms in total. The van der Waals surface area contributed by atoms with Crippen molar-refractivity contribution in [2.45, 2.75) is 25.8 Å². The third-order valence-corrected chi connectivity index (χ3v) is 3.78. The van der Waals surface area contributed by atoms with Gasteiger partial charge in [-0.3, -0.25) is 9.67 Å². The van der Waals surface area contributed by atoms with Crippen LogP contribution in [0.3, 0.4) is 0 Å². The van der Waals surface area contributed by atoms with Gasteiger partial charge in [0.05, 0.1) is 24.0 Å². The number of nitriles is 1. The van der Waals surface area contributed by atoms with Gasteiger partial charge in [0.15, 0.2) is 0 Å². The topological polar surface area (TPSA) is 54.5 Å². The smallest absolute Gasteiger partial charge is 0.0908 e. The number of hydrogen-bond acceptors (Lipinski definition) is 3. The maximum atomic E-state index is 8.51. The van der Waals surface area contributed by atoms with E-state index in [9.17, 15) is 0 Å². The van der Waals surface area contributed by atoms with Gasteiger partial charge in [-0.2, -0.15) is 10.4 Å². The molecule has 0 aliphatic heterocycles. The van der Waals surface area contributed by atoms with Gasteiger partial charge in [0.25, 0.3) is 0 Å². The van der Waals surface area contributed by atoms with E-state index in [1.54, 1.807) is 6.08 Å². The second-order valence-corrected chi connectivity index (χ2v) is 5.30. The molecule has 0 bridgehead atoms. The molecule has 2 aromatic heterocycles. The van der Waals surface area contributed by atoms with Crippen molar-refractivity contribution in [2.75, 3.05) is 0 Å². The quantitative estimate of drug-likeness (QED) is 0.799. The Labute approximate surface area is 118 Å². The molecule has 1 aliphatic carbocycles. The Kier molecular flexibility index (Phi) is 3.34. The van der Waals surface area contributed by atoms with Crippen LogP contribution in [0.15, 0.2) is 42.9 Å². The normalized spacial score (nSPS) is 21.6. The Bertz CT molecular complexity index is 672. The molecule has 0 N–H and O–H groups in total. The predicted octanol–water partition coefficient (Wildman–Crippen LogP) is 3.28. The van der Waals surface area contributed by atoms with Gasteiger partial charge in [-0.05, 0) is 43.4 Å². The zero-order valence-electron chi connectivity index (χ0n) is 11.4. The number of hydrogen-bond donors (Lipinski definition) is 0. The average Bonchev–Trinajstić information content (AvgIpc) is 2.86. The molecule has 4 heteroatoms. The highest BCUT2D eigenvalue weighted by atomic mass is 15.3. The lowest BCUT2D eigenvalue weighted by molar-refractivity contribution is 0.224. The summed E-state index contributed by atoms with van der Waals surface area (Å²) in [6.45, 7) is 2.06. The highest BCUT2D eigenvalue weighted by molar-refractivity contribution is 5.57. The van der Waals surface area contributed by atoms with Gasteiger partial charge >= 0.3 is 0 Å². The van der Waals surface area contributed by atoms with Crippen molar-refractivity contribution in [2.24, 2.45) is 5.92 Å². The maximum absolute atomic E-state index is 8.51. The molecule has 2 aromatic rings. The second kappa shape index (κ2) is 5.30. The van der Waals surface area contributed by atoms with E-state index in [2.05, 4.69) is 29.3 Å². The predicted molar refractivity (Wildman–Crippen MR) is 76.7 cm³/mol. The lowest BCUT2D eigenvalue weighted by atomic mass is 9.80. The number of nitrogens with zero attached hydrogens (tertiary/aromatic N) is 4. The van der Waals surface area contributed by atoms with Gasteiger partial charge in [0.1, 0.15) is 0 Å². The van der Waals surface area contributed by atoms with E-state index in [4.69, 9.17) is 5.26 Å². The van der Waals surface area contributed by atoms with E-state index >= 15 is 0 Å². The summed E-state index contributed by atoms with van der Waals surface area (Å²) >= 11 is 0. The fourth-order valence-corrected chi connectivity index (χ4v) is 2.55. The molecule has 3 rings (SSSR count). The standard InChI is InChI=1S/C16H16N4/c1-12-4-6-18-16(7-12)14-10-19-20(11-14)15-8-13(9-15)3-2-5-17/h2-4,6-7,10-11,13,15H,8-9H2,1H3/b3-2+. The molecular weight excluding hydrogens is 248 g/mol. The first-order valence-corrected chi connectivity index (χ1v) is 6.80. The summed E-state index contributed by atoms with van der Waals surface area (Å²) in [5.74, 6) is 0.518. The summed E-state index contributed by atoms with van der Waals surface area (Å²) in [6.07, 6.45) is 11.4. The minimum absolute atomic E-state index is 0.446. The van der Waals surface area contributed by atoms with Gasteiger partial charge < -0.3 is 0 Å². The third-order valence-electron chi connectivity index (χ3n) is 3.78. The number of rotatable bonds is 3. The molecule has 0 radical (unpaired) electrons. The Balaban J connectivity index is 1.70. The van der Waals surface area contributed by atoms with Crippen molar-refractivity contribution < 1.29 is 0 Å². The zero-order chi connectivity index (χ0) is 13.9. The summed E-state index contributed by atoms with van der Waals surface area (Å²) < 4.78 is 2.02. The van der Waals surface area contributed by atoms with Crippen molar-refractivity contribution in [1.82, 2.24) is 14.8 Å². The van der Waals surface area contributed by atoms with E-state index < -0.39 is 0 Å². The number of pyridine rings is 1. The zero-order valence-corrected chi connectivity index (χ0v) is 11.4. The lowest BCUT2D eigenvalue weighted by Gasteiger charge is -2.33. The van der Waals surface area contributed by atoms with Crippen LogP contribution in [0.4, 0.5) is 0 Å². The van der Waals surface area contributed by atoms with E-state index in [1.165, 1.54) is 5.56 Å². The molecule has 2 heterocycles. The SMILES string of the molecule is Cc1ccnc(-c2cnn(C3CC(/C=C/C#N)C3)c2)c1. The minimum atomic E-state index is 0.446. The number of allylic oxidation sites excluding steroid dienone is 2. The van der Waals surface area contributed by atoms with Crippen molar-refractivity contribution in [3.63, 3.8) is 0 Å². The molecule has 1 aliphatic rings. The molecule has 0 aromatic carbocycles. The first-order valence-electron chi connectivity index (χ1n) is 6.80. The molecule has 100 valence electrons. The highest BCUT2D eigenvalue weighted by Gasteiger charge is 2.29. The van der Waals surface area contributed by atoms with Crippen LogP contribution >= 0.6 is 0 Å². The lowest BCUT2D eigenvalue weighted by Crippen LogP contribution is -2.25. The summed E-state index contributed by atoms with van der Waals surface area (Å²) in [6, 6.07) is 6.55. The summed E-state index contributed by atoms with van der Waals surface area (Å²) in [4.78, 5) is 4.38. The van der Waals surface area contributed by atoms with Crippen LogP contribution in [0.25, 0.3) is 11.3 Å². The van der Waals surface area contributed by atoms with Crippen LogP contribution in [0, 0.1) is 24.2 Å². The van der Waals surface area contributed by atoms with Crippen molar-refractivity contribution in [3.05, 3.63) is 48.4 Å². The van der Waals surface area contributed by atoms with Gasteiger partial charge in [0.2, 0.25) is 0 Å². The molecule has 1 saturated carbocycles. The largest absolute Gasteiger partial charge is 0.269 e.